The van der Waals surface area contributed by atoms with Gasteiger partial charge in [0.2, 0.25) is 0 Å². The molecule has 1 rings (SSSR count). The van der Waals surface area contributed by atoms with Crippen LogP contribution in [0, 0.1) is 5.82 Å². The van der Waals surface area contributed by atoms with E-state index in [9.17, 15) is 4.39 Å². The molecule has 2 N–H and O–H groups in total. The normalized spacial score (nSPS) is 13.7. The summed E-state index contributed by atoms with van der Waals surface area (Å²) in [5.74, 6) is -0.207. The summed E-state index contributed by atoms with van der Waals surface area (Å²) in [5, 5.41) is 6.81. The Balaban J connectivity index is 2.40. The molecule has 0 aliphatic heterocycles. The third kappa shape index (κ3) is 6.47. The molecular formula is C14H22BrFN2. The molecule has 0 spiro atoms. The third-order valence-electron chi connectivity index (χ3n) is 2.52. The molecule has 0 saturated heterocycles. The smallest absolute Gasteiger partial charge is 0.124 e. The van der Waals surface area contributed by atoms with Gasteiger partial charge in [-0.15, -0.1) is 0 Å². The van der Waals surface area contributed by atoms with Gasteiger partial charge in [-0.1, -0.05) is 15.9 Å². The second-order valence-electron chi connectivity index (χ2n) is 5.69. The first-order valence-electron chi connectivity index (χ1n) is 6.19. The quantitative estimate of drug-likeness (QED) is 0.869. The van der Waals surface area contributed by atoms with Crippen LogP contribution in [0.5, 0.6) is 0 Å². The number of rotatable bonds is 5. The Labute approximate surface area is 117 Å². The monoisotopic (exact) mass is 316 g/mol. The summed E-state index contributed by atoms with van der Waals surface area (Å²) in [7, 11) is 0. The van der Waals surface area contributed by atoms with Crippen molar-refractivity contribution in [1.29, 1.82) is 0 Å². The van der Waals surface area contributed by atoms with Gasteiger partial charge < -0.3 is 10.6 Å². The molecule has 2 nitrogen and oxygen atoms in total. The fourth-order valence-electron chi connectivity index (χ4n) is 1.54. The molecule has 0 aromatic heterocycles. The lowest BCUT2D eigenvalue weighted by molar-refractivity contribution is 0.387. The zero-order chi connectivity index (χ0) is 13.8. The minimum absolute atomic E-state index is 0.123. The molecule has 0 radical (unpaired) electrons. The highest BCUT2D eigenvalue weighted by Gasteiger charge is 2.10. The molecule has 102 valence electrons. The first-order chi connectivity index (χ1) is 8.26. The summed E-state index contributed by atoms with van der Waals surface area (Å²) < 4.78 is 14.0. The van der Waals surface area contributed by atoms with E-state index in [0.29, 0.717) is 12.6 Å². The Hall–Kier alpha value is -0.450. The molecule has 0 saturated carbocycles. The zero-order valence-corrected chi connectivity index (χ0v) is 13.1. The van der Waals surface area contributed by atoms with Crippen LogP contribution in [0.15, 0.2) is 22.7 Å². The molecular weight excluding hydrogens is 295 g/mol. The standard InChI is InChI=1S/C14H22BrFN2/c1-10(8-18-14(2,3)4)17-9-11-5-12(15)7-13(16)6-11/h5-7,10,17-18H,8-9H2,1-4H3. The number of benzene rings is 1. The van der Waals surface area contributed by atoms with Crippen molar-refractivity contribution in [2.75, 3.05) is 6.54 Å². The van der Waals surface area contributed by atoms with Gasteiger partial charge in [-0.25, -0.2) is 4.39 Å². The fourth-order valence-corrected chi connectivity index (χ4v) is 2.05. The van der Waals surface area contributed by atoms with Crippen molar-refractivity contribution in [3.05, 3.63) is 34.1 Å². The Morgan fingerprint density at radius 3 is 2.50 bits per heavy atom. The summed E-state index contributed by atoms with van der Waals surface area (Å²) in [6, 6.07) is 5.29. The predicted molar refractivity (Wildman–Crippen MR) is 78.2 cm³/mol. The number of hydrogen-bond donors (Lipinski definition) is 2. The Morgan fingerprint density at radius 2 is 1.94 bits per heavy atom. The van der Waals surface area contributed by atoms with Crippen LogP contribution in [0.2, 0.25) is 0 Å². The largest absolute Gasteiger partial charge is 0.311 e. The van der Waals surface area contributed by atoms with E-state index in [2.05, 4.69) is 54.3 Å². The molecule has 0 heterocycles. The molecule has 1 aromatic carbocycles. The zero-order valence-electron chi connectivity index (χ0n) is 11.5. The Kier molecular flexibility index (Phi) is 5.76. The maximum atomic E-state index is 13.2. The van der Waals surface area contributed by atoms with Crippen LogP contribution >= 0.6 is 15.9 Å². The number of nitrogens with one attached hydrogen (secondary N) is 2. The van der Waals surface area contributed by atoms with Crippen LogP contribution in [0.3, 0.4) is 0 Å². The topological polar surface area (TPSA) is 24.1 Å². The molecule has 0 fully saturated rings. The van der Waals surface area contributed by atoms with Gasteiger partial charge in [-0.05, 0) is 51.5 Å². The third-order valence-corrected chi connectivity index (χ3v) is 2.97. The SMILES string of the molecule is CC(CNC(C)(C)C)NCc1cc(F)cc(Br)c1. The predicted octanol–water partition coefficient (Wildman–Crippen LogP) is 3.45. The van der Waals surface area contributed by atoms with E-state index in [1.54, 1.807) is 6.07 Å². The lowest BCUT2D eigenvalue weighted by Crippen LogP contribution is -2.44. The molecule has 0 aliphatic carbocycles. The van der Waals surface area contributed by atoms with Crippen molar-refractivity contribution in [3.8, 4) is 0 Å². The Bertz CT molecular complexity index is 368. The molecule has 1 atom stereocenters. The summed E-state index contributed by atoms with van der Waals surface area (Å²) in [6.45, 7) is 10.1. The van der Waals surface area contributed by atoms with Gasteiger partial charge in [0, 0.05) is 29.1 Å². The van der Waals surface area contributed by atoms with E-state index >= 15 is 0 Å². The minimum atomic E-state index is -0.207. The highest BCUT2D eigenvalue weighted by molar-refractivity contribution is 9.10. The van der Waals surface area contributed by atoms with Crippen LogP contribution in [-0.2, 0) is 6.54 Å². The van der Waals surface area contributed by atoms with Crippen molar-refractivity contribution in [3.63, 3.8) is 0 Å². The summed E-state index contributed by atoms with van der Waals surface area (Å²) >= 11 is 3.30. The van der Waals surface area contributed by atoms with Crippen LogP contribution in [0.1, 0.15) is 33.3 Å². The van der Waals surface area contributed by atoms with Gasteiger partial charge in [0.25, 0.3) is 0 Å². The Morgan fingerprint density at radius 1 is 1.28 bits per heavy atom. The van der Waals surface area contributed by atoms with Gasteiger partial charge in [-0.3, -0.25) is 0 Å². The number of hydrogen-bond acceptors (Lipinski definition) is 2. The van der Waals surface area contributed by atoms with Gasteiger partial charge in [-0.2, -0.15) is 0 Å². The minimum Gasteiger partial charge on any atom is -0.311 e. The summed E-state index contributed by atoms with van der Waals surface area (Å²) in [4.78, 5) is 0. The first-order valence-corrected chi connectivity index (χ1v) is 6.99. The molecule has 0 bridgehead atoms. The van der Waals surface area contributed by atoms with Crippen molar-refractivity contribution in [1.82, 2.24) is 10.6 Å². The van der Waals surface area contributed by atoms with Crippen molar-refractivity contribution < 1.29 is 4.39 Å². The molecule has 1 aromatic rings. The lowest BCUT2D eigenvalue weighted by atomic mass is 10.1. The van der Waals surface area contributed by atoms with E-state index in [-0.39, 0.29) is 11.4 Å². The van der Waals surface area contributed by atoms with Gasteiger partial charge in [0.05, 0.1) is 0 Å². The first kappa shape index (κ1) is 15.6. The average molecular weight is 317 g/mol. The summed E-state index contributed by atoms with van der Waals surface area (Å²) in [6.07, 6.45) is 0. The van der Waals surface area contributed by atoms with Crippen molar-refractivity contribution in [2.24, 2.45) is 0 Å². The average Bonchev–Trinajstić information content (AvgIpc) is 2.21. The molecule has 1 unspecified atom stereocenters. The van der Waals surface area contributed by atoms with E-state index in [4.69, 9.17) is 0 Å². The second kappa shape index (κ2) is 6.64. The fraction of sp³-hybridized carbons (Fsp3) is 0.571. The molecule has 0 aliphatic rings. The van der Waals surface area contributed by atoms with E-state index in [1.807, 2.05) is 6.07 Å². The lowest BCUT2D eigenvalue weighted by Gasteiger charge is -2.24. The van der Waals surface area contributed by atoms with E-state index < -0.39 is 0 Å². The van der Waals surface area contributed by atoms with Crippen molar-refractivity contribution in [2.45, 2.75) is 45.8 Å². The molecule has 4 heteroatoms. The molecule has 18 heavy (non-hydrogen) atoms. The highest BCUT2D eigenvalue weighted by Crippen LogP contribution is 2.14. The van der Waals surface area contributed by atoms with Gasteiger partial charge in [0.1, 0.15) is 5.82 Å². The maximum absolute atomic E-state index is 13.2. The van der Waals surface area contributed by atoms with Crippen LogP contribution in [0.25, 0.3) is 0 Å². The number of halogens is 2. The van der Waals surface area contributed by atoms with Crippen molar-refractivity contribution >= 4 is 15.9 Å². The van der Waals surface area contributed by atoms with E-state index in [0.717, 1.165) is 16.6 Å². The second-order valence-corrected chi connectivity index (χ2v) is 6.61. The van der Waals surface area contributed by atoms with Crippen LogP contribution in [-0.4, -0.2) is 18.1 Å². The van der Waals surface area contributed by atoms with Gasteiger partial charge in [0.15, 0.2) is 0 Å². The van der Waals surface area contributed by atoms with Crippen LogP contribution in [0.4, 0.5) is 4.39 Å². The maximum Gasteiger partial charge on any atom is 0.124 e. The highest BCUT2D eigenvalue weighted by atomic mass is 79.9. The van der Waals surface area contributed by atoms with Gasteiger partial charge >= 0.3 is 0 Å². The van der Waals surface area contributed by atoms with E-state index in [1.165, 1.54) is 6.07 Å². The molecule has 0 amide bonds. The summed E-state index contributed by atoms with van der Waals surface area (Å²) in [5.41, 5.74) is 1.07. The van der Waals surface area contributed by atoms with Crippen LogP contribution < -0.4 is 10.6 Å².